The van der Waals surface area contributed by atoms with E-state index in [4.69, 9.17) is 5.73 Å². The van der Waals surface area contributed by atoms with E-state index in [0.29, 0.717) is 11.4 Å². The van der Waals surface area contributed by atoms with Gasteiger partial charge in [-0.05, 0) is 36.4 Å². The number of rotatable bonds is 5. The van der Waals surface area contributed by atoms with Gasteiger partial charge < -0.3 is 11.1 Å². The van der Waals surface area contributed by atoms with E-state index in [1.165, 1.54) is 29.3 Å². The highest BCUT2D eigenvalue weighted by molar-refractivity contribution is 7.90. The molecule has 1 atom stereocenters. The Balaban J connectivity index is 1.79. The minimum Gasteiger partial charge on any atom is -0.368 e. The molecule has 1 heterocycles. The molecule has 0 aromatic heterocycles. The fourth-order valence-corrected chi connectivity index (χ4v) is 3.31. The van der Waals surface area contributed by atoms with Gasteiger partial charge in [0.05, 0.1) is 10.6 Å². The molecule has 9 heteroatoms. The van der Waals surface area contributed by atoms with Gasteiger partial charge in [-0.25, -0.2) is 8.42 Å². The van der Waals surface area contributed by atoms with E-state index in [2.05, 4.69) is 10.4 Å². The number of carbonyl (C=O) groups excluding carboxylic acids is 2. The smallest absolute Gasteiger partial charge is 0.271 e. The van der Waals surface area contributed by atoms with Gasteiger partial charge in [0.25, 0.3) is 5.91 Å². The van der Waals surface area contributed by atoms with Crippen molar-refractivity contribution in [2.75, 3.05) is 16.6 Å². The van der Waals surface area contributed by atoms with Crippen molar-refractivity contribution < 1.29 is 18.0 Å². The van der Waals surface area contributed by atoms with Gasteiger partial charge >= 0.3 is 0 Å². The number of amides is 2. The lowest BCUT2D eigenvalue weighted by Gasteiger charge is -2.20. The van der Waals surface area contributed by atoms with E-state index in [0.717, 1.165) is 6.26 Å². The van der Waals surface area contributed by atoms with Crippen molar-refractivity contribution in [3.05, 3.63) is 54.6 Å². The monoisotopic (exact) mass is 386 g/mol. The molecule has 1 aliphatic rings. The summed E-state index contributed by atoms with van der Waals surface area (Å²) in [4.78, 5) is 24.4. The maximum Gasteiger partial charge on any atom is 0.271 e. The molecule has 0 saturated carbocycles. The lowest BCUT2D eigenvalue weighted by Crippen LogP contribution is -2.39. The third-order valence-electron chi connectivity index (χ3n) is 4.06. The number of hydrogen-bond acceptors (Lipinski definition) is 6. The third kappa shape index (κ3) is 4.14. The molecule has 2 aromatic rings. The number of nitrogens with zero attached hydrogens (tertiary/aromatic N) is 2. The van der Waals surface area contributed by atoms with Gasteiger partial charge in [-0.1, -0.05) is 18.2 Å². The summed E-state index contributed by atoms with van der Waals surface area (Å²) in [6.45, 7) is 0. The summed E-state index contributed by atoms with van der Waals surface area (Å²) in [5, 5.41) is 8.34. The second kappa shape index (κ2) is 7.20. The van der Waals surface area contributed by atoms with Gasteiger partial charge in [-0.3, -0.25) is 14.6 Å². The molecule has 0 bridgehead atoms. The lowest BCUT2D eigenvalue weighted by molar-refractivity contribution is -0.119. The van der Waals surface area contributed by atoms with E-state index >= 15 is 0 Å². The van der Waals surface area contributed by atoms with Crippen LogP contribution in [0.25, 0.3) is 0 Å². The first-order valence-corrected chi connectivity index (χ1v) is 9.97. The van der Waals surface area contributed by atoms with E-state index in [1.54, 1.807) is 24.3 Å². The lowest BCUT2D eigenvalue weighted by atomic mass is 10.1. The molecule has 1 aliphatic heterocycles. The number of sulfone groups is 1. The third-order valence-corrected chi connectivity index (χ3v) is 5.19. The predicted molar refractivity (Wildman–Crippen MR) is 102 cm³/mol. The Hall–Kier alpha value is -3.20. The van der Waals surface area contributed by atoms with Gasteiger partial charge in [0.2, 0.25) is 5.91 Å². The first-order chi connectivity index (χ1) is 12.8. The highest BCUT2D eigenvalue weighted by Gasteiger charge is 2.34. The first kappa shape index (κ1) is 18.6. The molecule has 3 rings (SSSR count). The summed E-state index contributed by atoms with van der Waals surface area (Å²) in [6.07, 6.45) is 1.19. The topological polar surface area (TPSA) is 122 Å². The molecule has 27 heavy (non-hydrogen) atoms. The zero-order chi connectivity index (χ0) is 19.6. The van der Waals surface area contributed by atoms with Crippen molar-refractivity contribution in [1.82, 2.24) is 0 Å². The van der Waals surface area contributed by atoms with Gasteiger partial charge in [0.15, 0.2) is 9.84 Å². The summed E-state index contributed by atoms with van der Waals surface area (Å²) in [6, 6.07) is 14.0. The molecule has 8 nitrogen and oxygen atoms in total. The normalized spacial score (nSPS) is 16.7. The van der Waals surface area contributed by atoms with Crippen LogP contribution in [0.2, 0.25) is 0 Å². The van der Waals surface area contributed by atoms with E-state index in [1.807, 2.05) is 6.07 Å². The van der Waals surface area contributed by atoms with Crippen LogP contribution in [-0.4, -0.2) is 38.2 Å². The summed E-state index contributed by atoms with van der Waals surface area (Å²) < 4.78 is 23.0. The fraction of sp³-hybridized carbons (Fsp3) is 0.167. The van der Waals surface area contributed by atoms with Crippen LogP contribution in [-0.2, 0) is 19.4 Å². The second-order valence-electron chi connectivity index (χ2n) is 6.10. The van der Waals surface area contributed by atoms with Crippen LogP contribution >= 0.6 is 0 Å². The second-order valence-corrected chi connectivity index (χ2v) is 8.12. The summed E-state index contributed by atoms with van der Waals surface area (Å²) in [7, 11) is -3.31. The maximum absolute atomic E-state index is 12.5. The molecule has 140 valence electrons. The number of nitrogens with one attached hydrogen (secondary N) is 1. The highest BCUT2D eigenvalue weighted by atomic mass is 32.2. The molecule has 0 saturated heterocycles. The largest absolute Gasteiger partial charge is 0.368 e. The number of benzene rings is 2. The van der Waals surface area contributed by atoms with Crippen LogP contribution in [0.5, 0.6) is 0 Å². The minimum absolute atomic E-state index is 0.0808. The van der Waals surface area contributed by atoms with Crippen LogP contribution in [0.15, 0.2) is 64.6 Å². The molecule has 0 spiro atoms. The number of para-hydroxylation sites is 1. The van der Waals surface area contributed by atoms with Crippen LogP contribution < -0.4 is 16.1 Å². The highest BCUT2D eigenvalue weighted by Crippen LogP contribution is 2.25. The van der Waals surface area contributed by atoms with Crippen molar-refractivity contribution in [3.8, 4) is 0 Å². The Morgan fingerprint density at radius 3 is 2.30 bits per heavy atom. The van der Waals surface area contributed by atoms with E-state index in [9.17, 15) is 18.0 Å². The van der Waals surface area contributed by atoms with Gasteiger partial charge in [-0.15, -0.1) is 0 Å². The zero-order valence-electron chi connectivity index (χ0n) is 14.5. The molecular formula is C18H18N4O4S. The van der Waals surface area contributed by atoms with Gasteiger partial charge in [0, 0.05) is 18.4 Å². The van der Waals surface area contributed by atoms with Crippen molar-refractivity contribution in [2.45, 2.75) is 17.4 Å². The van der Waals surface area contributed by atoms with Gasteiger partial charge in [-0.2, -0.15) is 5.10 Å². The number of carbonyl (C=O) groups is 2. The zero-order valence-corrected chi connectivity index (χ0v) is 15.3. The molecule has 2 aromatic carbocycles. The summed E-state index contributed by atoms with van der Waals surface area (Å²) in [5.41, 5.74) is 6.69. The molecule has 3 N–H and O–H groups in total. The molecular weight excluding hydrogens is 368 g/mol. The van der Waals surface area contributed by atoms with E-state index in [-0.39, 0.29) is 17.0 Å². The Bertz CT molecular complexity index is 1000. The average molecular weight is 386 g/mol. The SMILES string of the molecule is CS(=O)(=O)c1ccc(NC(=O)C2=NN(c3ccccc3)C(C(N)=O)C2)cc1. The Kier molecular flexibility index (Phi) is 4.95. The van der Waals surface area contributed by atoms with Crippen LogP contribution in [0.3, 0.4) is 0 Å². The Morgan fingerprint density at radius 1 is 1.11 bits per heavy atom. The number of nitrogens with two attached hydrogens (primary N) is 1. The standard InChI is InChI=1S/C18H18N4O4S/c1-27(25,26)14-9-7-12(8-10-14)20-18(24)15-11-16(17(19)23)22(21-15)13-5-3-2-4-6-13/h2-10,16H,11H2,1H3,(H2,19,23)(H,20,24). The van der Waals surface area contributed by atoms with Crippen molar-refractivity contribution in [3.63, 3.8) is 0 Å². The van der Waals surface area contributed by atoms with Gasteiger partial charge in [0.1, 0.15) is 11.8 Å². The van der Waals surface area contributed by atoms with Crippen LogP contribution in [0, 0.1) is 0 Å². The van der Waals surface area contributed by atoms with Crippen LogP contribution in [0.4, 0.5) is 11.4 Å². The quantitative estimate of drug-likeness (QED) is 0.798. The van der Waals surface area contributed by atoms with Crippen molar-refractivity contribution >= 4 is 38.7 Å². The number of hydrazone groups is 1. The molecule has 0 radical (unpaired) electrons. The van der Waals surface area contributed by atoms with E-state index < -0.39 is 27.7 Å². The molecule has 2 amide bonds. The Labute approximate surface area is 156 Å². The summed E-state index contributed by atoms with van der Waals surface area (Å²) in [5.74, 6) is -1.06. The van der Waals surface area contributed by atoms with Crippen molar-refractivity contribution in [1.29, 1.82) is 0 Å². The van der Waals surface area contributed by atoms with Crippen molar-refractivity contribution in [2.24, 2.45) is 10.8 Å². The average Bonchev–Trinajstić information content (AvgIpc) is 3.08. The number of hydrogen-bond donors (Lipinski definition) is 2. The number of anilines is 2. The fourth-order valence-electron chi connectivity index (χ4n) is 2.68. The molecule has 0 aliphatic carbocycles. The number of primary amides is 1. The minimum atomic E-state index is -3.31. The Morgan fingerprint density at radius 2 is 1.74 bits per heavy atom. The molecule has 0 fully saturated rings. The first-order valence-electron chi connectivity index (χ1n) is 8.08. The maximum atomic E-state index is 12.5. The molecule has 1 unspecified atom stereocenters. The predicted octanol–water partition coefficient (Wildman–Crippen LogP) is 1.15. The summed E-state index contributed by atoms with van der Waals surface area (Å²) >= 11 is 0. The van der Waals surface area contributed by atoms with Crippen LogP contribution in [0.1, 0.15) is 6.42 Å².